The maximum Gasteiger partial charge on any atom is 0.257 e. The van der Waals surface area contributed by atoms with Crippen molar-refractivity contribution in [1.29, 1.82) is 0 Å². The molecule has 8 heteroatoms. The Morgan fingerprint density at radius 2 is 2.20 bits per heavy atom. The van der Waals surface area contributed by atoms with Crippen LogP contribution in [0.5, 0.6) is 5.88 Å². The predicted octanol–water partition coefficient (Wildman–Crippen LogP) is 1.48. The van der Waals surface area contributed by atoms with Gasteiger partial charge in [-0.15, -0.1) is 10.2 Å². The van der Waals surface area contributed by atoms with E-state index in [0.29, 0.717) is 43.4 Å². The molecule has 3 rings (SSSR count). The summed E-state index contributed by atoms with van der Waals surface area (Å²) in [4.78, 5) is 14.8. The van der Waals surface area contributed by atoms with Crippen molar-refractivity contribution in [2.75, 3.05) is 26.8 Å². The Hall–Kier alpha value is -2.48. The molecule has 8 nitrogen and oxygen atoms in total. The number of amides is 1. The third-order valence-corrected chi connectivity index (χ3v) is 4.37. The summed E-state index contributed by atoms with van der Waals surface area (Å²) < 4.78 is 12.3. The van der Waals surface area contributed by atoms with E-state index in [9.17, 15) is 4.79 Å². The molecule has 1 aliphatic heterocycles. The lowest BCUT2D eigenvalue weighted by molar-refractivity contribution is -0.0226. The molecule has 1 amide bonds. The number of ether oxygens (including phenoxy) is 2. The summed E-state index contributed by atoms with van der Waals surface area (Å²) in [6.07, 6.45) is 3.27. The average Bonchev–Trinajstić information content (AvgIpc) is 3.11. The van der Waals surface area contributed by atoms with Crippen LogP contribution in [0.2, 0.25) is 0 Å². The fraction of sp³-hybridized carbons (Fsp3) is 0.529. The van der Waals surface area contributed by atoms with Crippen molar-refractivity contribution in [3.8, 4) is 11.7 Å². The number of hydrogen-bond donors (Lipinski definition) is 0. The van der Waals surface area contributed by atoms with Crippen molar-refractivity contribution in [2.45, 2.75) is 32.8 Å². The van der Waals surface area contributed by atoms with Gasteiger partial charge in [0.2, 0.25) is 5.88 Å². The van der Waals surface area contributed by atoms with E-state index in [1.54, 1.807) is 23.0 Å². The first kappa shape index (κ1) is 17.3. The second-order valence-electron chi connectivity index (χ2n) is 5.86. The highest BCUT2D eigenvalue weighted by molar-refractivity contribution is 5.95. The summed E-state index contributed by atoms with van der Waals surface area (Å²) in [6.45, 7) is 5.85. The monoisotopic (exact) mass is 345 g/mol. The van der Waals surface area contributed by atoms with Crippen molar-refractivity contribution in [3.05, 3.63) is 29.6 Å². The lowest BCUT2D eigenvalue weighted by atomic mass is 10.1. The van der Waals surface area contributed by atoms with Crippen LogP contribution in [-0.2, 0) is 11.2 Å². The zero-order chi connectivity index (χ0) is 17.8. The van der Waals surface area contributed by atoms with Crippen molar-refractivity contribution in [1.82, 2.24) is 24.9 Å². The number of morpholine rings is 1. The van der Waals surface area contributed by atoms with Crippen molar-refractivity contribution in [2.24, 2.45) is 0 Å². The van der Waals surface area contributed by atoms with Crippen LogP contribution in [0.3, 0.4) is 0 Å². The van der Waals surface area contributed by atoms with Gasteiger partial charge >= 0.3 is 0 Å². The third kappa shape index (κ3) is 3.48. The van der Waals surface area contributed by atoms with E-state index in [-0.39, 0.29) is 12.0 Å². The summed E-state index contributed by atoms with van der Waals surface area (Å²) in [6, 6.07) is 3.49. The Labute approximate surface area is 146 Å². The number of carbonyl (C=O) groups excluding carboxylic acids is 1. The number of hydrogen-bond acceptors (Lipinski definition) is 6. The summed E-state index contributed by atoms with van der Waals surface area (Å²) in [5.41, 5.74) is 1.43. The Kier molecular flexibility index (Phi) is 5.28. The minimum Gasteiger partial charge on any atom is -0.480 e. The molecule has 0 unspecified atom stereocenters. The van der Waals surface area contributed by atoms with Crippen LogP contribution < -0.4 is 4.74 Å². The normalized spacial score (nSPS) is 17.6. The minimum absolute atomic E-state index is 0.00804. The average molecular weight is 345 g/mol. The van der Waals surface area contributed by atoms with E-state index in [0.717, 1.165) is 12.1 Å². The van der Waals surface area contributed by atoms with Gasteiger partial charge in [-0.25, -0.2) is 4.68 Å². The van der Waals surface area contributed by atoms with Crippen LogP contribution >= 0.6 is 0 Å². The molecule has 2 aromatic rings. The molecule has 0 N–H and O–H groups in total. The molecule has 0 saturated carbocycles. The second kappa shape index (κ2) is 7.60. The van der Waals surface area contributed by atoms with Gasteiger partial charge in [-0.2, -0.15) is 5.10 Å². The van der Waals surface area contributed by atoms with Crippen LogP contribution in [0.4, 0.5) is 0 Å². The van der Waals surface area contributed by atoms with Gasteiger partial charge < -0.3 is 14.4 Å². The highest BCUT2D eigenvalue weighted by Crippen LogP contribution is 2.19. The number of aromatic nitrogens is 4. The molecular weight excluding hydrogens is 322 g/mol. The first-order valence-corrected chi connectivity index (χ1v) is 8.53. The minimum atomic E-state index is -0.00804. The molecule has 0 spiro atoms. The van der Waals surface area contributed by atoms with Gasteiger partial charge in [0.15, 0.2) is 5.82 Å². The molecule has 1 atom stereocenters. The van der Waals surface area contributed by atoms with E-state index < -0.39 is 0 Å². The van der Waals surface area contributed by atoms with Crippen LogP contribution in [-0.4, -0.2) is 63.7 Å². The van der Waals surface area contributed by atoms with Gasteiger partial charge in [-0.1, -0.05) is 13.8 Å². The molecule has 134 valence electrons. The molecule has 1 fully saturated rings. The quantitative estimate of drug-likeness (QED) is 0.816. The Morgan fingerprint density at radius 1 is 1.36 bits per heavy atom. The molecule has 25 heavy (non-hydrogen) atoms. The SMILES string of the molecule is CCc1c(C(=O)N2CCO[C@@H](CC)C2)cnn1-c1ccc(OC)nn1. The molecule has 1 aliphatic rings. The Balaban J connectivity index is 1.87. The van der Waals surface area contributed by atoms with Crippen molar-refractivity contribution < 1.29 is 14.3 Å². The van der Waals surface area contributed by atoms with Gasteiger partial charge in [0.1, 0.15) is 0 Å². The lowest BCUT2D eigenvalue weighted by Gasteiger charge is -2.32. The largest absolute Gasteiger partial charge is 0.480 e. The van der Waals surface area contributed by atoms with Crippen molar-refractivity contribution in [3.63, 3.8) is 0 Å². The van der Waals surface area contributed by atoms with E-state index in [4.69, 9.17) is 9.47 Å². The fourth-order valence-corrected chi connectivity index (χ4v) is 2.95. The first-order chi connectivity index (χ1) is 12.2. The van der Waals surface area contributed by atoms with Gasteiger partial charge in [-0.3, -0.25) is 4.79 Å². The molecule has 1 saturated heterocycles. The zero-order valence-corrected chi connectivity index (χ0v) is 14.8. The van der Waals surface area contributed by atoms with Crippen molar-refractivity contribution >= 4 is 5.91 Å². The lowest BCUT2D eigenvalue weighted by Crippen LogP contribution is -2.45. The molecule has 3 heterocycles. The highest BCUT2D eigenvalue weighted by Gasteiger charge is 2.27. The number of methoxy groups -OCH3 is 1. The topological polar surface area (TPSA) is 82.4 Å². The molecule has 0 radical (unpaired) electrons. The summed E-state index contributed by atoms with van der Waals surface area (Å²) in [5, 5.41) is 12.5. The summed E-state index contributed by atoms with van der Waals surface area (Å²) in [7, 11) is 1.54. The standard InChI is InChI=1S/C17H23N5O3/c1-4-12-11-21(8-9-25-12)17(23)13-10-18-22(14(13)5-2)15-6-7-16(24-3)20-19-15/h6-7,10,12H,4-5,8-9,11H2,1-3H3/t12-/m0/s1. The number of carbonyl (C=O) groups is 1. The van der Waals surface area contributed by atoms with E-state index >= 15 is 0 Å². The fourth-order valence-electron chi connectivity index (χ4n) is 2.95. The van der Waals surface area contributed by atoms with Crippen LogP contribution in [0.1, 0.15) is 36.3 Å². The maximum absolute atomic E-state index is 12.9. The Bertz CT molecular complexity index is 728. The van der Waals surface area contributed by atoms with Crippen LogP contribution in [0.25, 0.3) is 5.82 Å². The number of nitrogens with zero attached hydrogens (tertiary/aromatic N) is 5. The van der Waals surface area contributed by atoms with Crippen LogP contribution in [0.15, 0.2) is 18.3 Å². The van der Waals surface area contributed by atoms with E-state index in [1.807, 2.05) is 11.8 Å². The van der Waals surface area contributed by atoms with E-state index in [2.05, 4.69) is 22.2 Å². The second-order valence-corrected chi connectivity index (χ2v) is 5.86. The Morgan fingerprint density at radius 3 is 2.84 bits per heavy atom. The first-order valence-electron chi connectivity index (χ1n) is 8.53. The van der Waals surface area contributed by atoms with Crippen LogP contribution in [0, 0.1) is 0 Å². The smallest absolute Gasteiger partial charge is 0.257 e. The predicted molar refractivity (Wildman–Crippen MR) is 91.0 cm³/mol. The maximum atomic E-state index is 12.9. The zero-order valence-electron chi connectivity index (χ0n) is 14.8. The van der Waals surface area contributed by atoms with Gasteiger partial charge in [0, 0.05) is 19.2 Å². The summed E-state index contributed by atoms with van der Waals surface area (Å²) >= 11 is 0. The number of rotatable bonds is 5. The molecule has 2 aromatic heterocycles. The molecule has 0 aromatic carbocycles. The highest BCUT2D eigenvalue weighted by atomic mass is 16.5. The van der Waals surface area contributed by atoms with Gasteiger partial charge in [0.25, 0.3) is 5.91 Å². The third-order valence-electron chi connectivity index (χ3n) is 4.37. The summed E-state index contributed by atoms with van der Waals surface area (Å²) in [5.74, 6) is 0.987. The molecule has 0 bridgehead atoms. The molecule has 0 aliphatic carbocycles. The molecular formula is C17H23N5O3. The van der Waals surface area contributed by atoms with Gasteiger partial charge in [0.05, 0.1) is 37.3 Å². The van der Waals surface area contributed by atoms with Gasteiger partial charge in [-0.05, 0) is 18.9 Å². The van der Waals surface area contributed by atoms with E-state index in [1.165, 1.54) is 7.11 Å².